The fourth-order valence-electron chi connectivity index (χ4n) is 3.15. The van der Waals surface area contributed by atoms with Gasteiger partial charge >= 0.3 is 0 Å². The molecule has 0 aromatic heterocycles. The van der Waals surface area contributed by atoms with Crippen LogP contribution in [0.25, 0.3) is 0 Å². The van der Waals surface area contributed by atoms with Gasteiger partial charge in [0, 0.05) is 12.2 Å². The molecule has 3 rings (SSSR count). The number of nitrogens with two attached hydrogens (primary N) is 1. The van der Waals surface area contributed by atoms with Crippen LogP contribution in [0.1, 0.15) is 29.5 Å². The van der Waals surface area contributed by atoms with Gasteiger partial charge in [-0.1, -0.05) is 24.3 Å². The summed E-state index contributed by atoms with van der Waals surface area (Å²) >= 11 is 0. The van der Waals surface area contributed by atoms with Crippen molar-refractivity contribution in [3.8, 4) is 11.5 Å². The first-order valence-corrected chi connectivity index (χ1v) is 9.04. The highest BCUT2D eigenvalue weighted by molar-refractivity contribution is 5.43. The Bertz CT molecular complexity index is 681. The Balaban J connectivity index is 1.56. The molecule has 0 bridgehead atoms. The van der Waals surface area contributed by atoms with Gasteiger partial charge in [0.05, 0.1) is 7.11 Å². The molecule has 1 atom stereocenters. The van der Waals surface area contributed by atoms with Crippen molar-refractivity contribution in [1.82, 2.24) is 0 Å². The minimum absolute atomic E-state index is 0.415. The van der Waals surface area contributed by atoms with Gasteiger partial charge in [-0.25, -0.2) is 0 Å². The van der Waals surface area contributed by atoms with E-state index < -0.39 is 0 Å². The zero-order valence-electron chi connectivity index (χ0n) is 15.2. The number of quaternary nitrogens is 1. The number of hydrogen-bond acceptors (Lipinski definition) is 3. The molecule has 2 aromatic rings. The normalized spacial score (nSPS) is 16.8. The van der Waals surface area contributed by atoms with E-state index in [2.05, 4.69) is 36.5 Å². The first-order chi connectivity index (χ1) is 12.3. The first-order valence-electron chi connectivity index (χ1n) is 9.04. The van der Waals surface area contributed by atoms with Crippen LogP contribution in [0.15, 0.2) is 42.5 Å². The summed E-state index contributed by atoms with van der Waals surface area (Å²) in [4.78, 5) is 0. The summed E-state index contributed by atoms with van der Waals surface area (Å²) in [5.74, 6) is 1.57. The van der Waals surface area contributed by atoms with Crippen LogP contribution in [0.2, 0.25) is 0 Å². The van der Waals surface area contributed by atoms with E-state index in [0.29, 0.717) is 12.7 Å². The lowest BCUT2D eigenvalue weighted by atomic mass is 10.1. The second kappa shape index (κ2) is 8.88. The molecule has 134 valence electrons. The Hall–Kier alpha value is -2.04. The van der Waals surface area contributed by atoms with Crippen molar-refractivity contribution in [3.05, 3.63) is 59.2 Å². The van der Waals surface area contributed by atoms with Gasteiger partial charge in [0.25, 0.3) is 0 Å². The molecule has 2 aromatic carbocycles. The third-order valence-electron chi connectivity index (χ3n) is 4.71. The standard InChI is InChI=1S/C21H27NO3/c1-16-6-3-4-7-18(16)15-25-20-10-9-17(12-21(20)23-2)13-22-14-19-8-5-11-24-19/h3-4,6-7,9-10,12,19,22H,5,8,11,13-15H2,1-2H3/p+1/t19-/m0/s1. The third kappa shape index (κ3) is 4.97. The van der Waals surface area contributed by atoms with Gasteiger partial charge in [0.15, 0.2) is 11.5 Å². The molecule has 25 heavy (non-hydrogen) atoms. The van der Waals surface area contributed by atoms with E-state index in [1.165, 1.54) is 29.5 Å². The van der Waals surface area contributed by atoms with Crippen molar-refractivity contribution in [3.63, 3.8) is 0 Å². The van der Waals surface area contributed by atoms with Gasteiger partial charge in [0.1, 0.15) is 25.8 Å². The van der Waals surface area contributed by atoms with Gasteiger partial charge in [-0.3, -0.25) is 0 Å². The molecular weight excluding hydrogens is 314 g/mol. The fraction of sp³-hybridized carbons (Fsp3) is 0.429. The fourth-order valence-corrected chi connectivity index (χ4v) is 3.15. The SMILES string of the molecule is COc1cc(C[NH2+]C[C@@H]2CCCO2)ccc1OCc1ccccc1C. The predicted octanol–water partition coefficient (Wildman–Crippen LogP) is 2.83. The molecule has 0 amide bonds. The van der Waals surface area contributed by atoms with Gasteiger partial charge in [-0.05, 0) is 49.1 Å². The van der Waals surface area contributed by atoms with Gasteiger partial charge in [0.2, 0.25) is 0 Å². The summed E-state index contributed by atoms with van der Waals surface area (Å²) in [7, 11) is 1.69. The minimum atomic E-state index is 0.415. The molecule has 1 aliphatic rings. The maximum atomic E-state index is 5.98. The Morgan fingerprint density at radius 2 is 2.04 bits per heavy atom. The van der Waals surface area contributed by atoms with E-state index >= 15 is 0 Å². The van der Waals surface area contributed by atoms with E-state index in [-0.39, 0.29) is 0 Å². The molecule has 0 unspecified atom stereocenters. The summed E-state index contributed by atoms with van der Waals surface area (Å²) in [6.07, 6.45) is 2.80. The zero-order chi connectivity index (χ0) is 17.5. The number of benzene rings is 2. The third-order valence-corrected chi connectivity index (χ3v) is 4.71. The average molecular weight is 342 g/mol. The minimum Gasteiger partial charge on any atom is -0.493 e. The van der Waals surface area contributed by atoms with E-state index in [1.807, 2.05) is 18.2 Å². The quantitative estimate of drug-likeness (QED) is 0.802. The molecule has 4 nitrogen and oxygen atoms in total. The topological polar surface area (TPSA) is 44.3 Å². The maximum Gasteiger partial charge on any atom is 0.161 e. The molecular formula is C21H28NO3+. The summed E-state index contributed by atoms with van der Waals surface area (Å²) in [6, 6.07) is 14.5. The van der Waals surface area contributed by atoms with Crippen LogP contribution in [0.4, 0.5) is 0 Å². The zero-order valence-corrected chi connectivity index (χ0v) is 15.2. The summed E-state index contributed by atoms with van der Waals surface area (Å²) in [5, 5.41) is 2.30. The van der Waals surface area contributed by atoms with Crippen molar-refractivity contribution in [2.75, 3.05) is 20.3 Å². The summed E-state index contributed by atoms with van der Waals surface area (Å²) < 4.78 is 17.2. The molecule has 4 heteroatoms. The summed E-state index contributed by atoms with van der Waals surface area (Å²) in [6.45, 7) is 5.51. The van der Waals surface area contributed by atoms with Crippen LogP contribution in [-0.4, -0.2) is 26.4 Å². The molecule has 1 aliphatic heterocycles. The predicted molar refractivity (Wildman–Crippen MR) is 98.0 cm³/mol. The van der Waals surface area contributed by atoms with Crippen LogP contribution in [0, 0.1) is 6.92 Å². The lowest BCUT2D eigenvalue weighted by Gasteiger charge is -2.13. The van der Waals surface area contributed by atoms with Gasteiger partial charge < -0.3 is 19.5 Å². The highest BCUT2D eigenvalue weighted by atomic mass is 16.5. The van der Waals surface area contributed by atoms with Crippen LogP contribution < -0.4 is 14.8 Å². The number of hydrogen-bond donors (Lipinski definition) is 1. The van der Waals surface area contributed by atoms with Crippen molar-refractivity contribution >= 4 is 0 Å². The number of aryl methyl sites for hydroxylation is 1. The molecule has 0 radical (unpaired) electrons. The highest BCUT2D eigenvalue weighted by Gasteiger charge is 2.17. The second-order valence-corrected chi connectivity index (χ2v) is 6.56. The van der Waals surface area contributed by atoms with Gasteiger partial charge in [-0.15, -0.1) is 0 Å². The second-order valence-electron chi connectivity index (χ2n) is 6.56. The molecule has 1 saturated heterocycles. The molecule has 1 heterocycles. The van der Waals surface area contributed by atoms with Crippen molar-refractivity contribution in [1.29, 1.82) is 0 Å². The molecule has 0 saturated carbocycles. The molecule has 0 spiro atoms. The Morgan fingerprint density at radius 3 is 2.80 bits per heavy atom. The van der Waals surface area contributed by atoms with Crippen molar-refractivity contribution in [2.45, 2.75) is 39.0 Å². The monoisotopic (exact) mass is 342 g/mol. The maximum absolute atomic E-state index is 5.98. The largest absolute Gasteiger partial charge is 0.493 e. The smallest absolute Gasteiger partial charge is 0.161 e. The average Bonchev–Trinajstić information content (AvgIpc) is 3.15. The van der Waals surface area contributed by atoms with Crippen LogP contribution in [0.3, 0.4) is 0 Å². The lowest BCUT2D eigenvalue weighted by Crippen LogP contribution is -2.84. The summed E-state index contributed by atoms with van der Waals surface area (Å²) in [5.41, 5.74) is 3.67. The number of methoxy groups -OCH3 is 1. The number of ether oxygens (including phenoxy) is 3. The van der Waals surface area contributed by atoms with E-state index in [1.54, 1.807) is 7.11 Å². The van der Waals surface area contributed by atoms with E-state index in [9.17, 15) is 0 Å². The highest BCUT2D eigenvalue weighted by Crippen LogP contribution is 2.29. The number of rotatable bonds is 8. The van der Waals surface area contributed by atoms with Crippen LogP contribution in [-0.2, 0) is 17.9 Å². The van der Waals surface area contributed by atoms with Crippen LogP contribution in [0.5, 0.6) is 11.5 Å². The molecule has 1 fully saturated rings. The Morgan fingerprint density at radius 1 is 1.16 bits per heavy atom. The lowest BCUT2D eigenvalue weighted by molar-refractivity contribution is -0.676. The van der Waals surface area contributed by atoms with Crippen molar-refractivity contribution < 1.29 is 19.5 Å². The van der Waals surface area contributed by atoms with E-state index in [4.69, 9.17) is 14.2 Å². The van der Waals surface area contributed by atoms with Crippen molar-refractivity contribution in [2.24, 2.45) is 0 Å². The van der Waals surface area contributed by atoms with Gasteiger partial charge in [-0.2, -0.15) is 0 Å². The molecule has 2 N–H and O–H groups in total. The first kappa shape index (κ1) is 17.8. The molecule has 0 aliphatic carbocycles. The Kier molecular flexibility index (Phi) is 6.31. The van der Waals surface area contributed by atoms with Crippen LogP contribution >= 0.6 is 0 Å². The van der Waals surface area contributed by atoms with E-state index in [0.717, 1.165) is 31.2 Å². The Labute approximate surface area is 150 Å².